The smallest absolute Gasteiger partial charge is 0.124 e. The van der Waals surface area contributed by atoms with Crippen molar-refractivity contribution in [3.8, 4) is 5.75 Å². The summed E-state index contributed by atoms with van der Waals surface area (Å²) in [4.78, 5) is 0. The molecule has 0 aromatic heterocycles. The zero-order valence-corrected chi connectivity index (χ0v) is 18.0. The van der Waals surface area contributed by atoms with Crippen molar-refractivity contribution in [1.29, 1.82) is 0 Å². The van der Waals surface area contributed by atoms with E-state index in [9.17, 15) is 0 Å². The van der Waals surface area contributed by atoms with Crippen LogP contribution >= 0.6 is 0 Å². The van der Waals surface area contributed by atoms with Crippen LogP contribution in [0.5, 0.6) is 5.75 Å². The van der Waals surface area contributed by atoms with Crippen LogP contribution in [0.25, 0.3) is 10.8 Å². The molecule has 0 spiro atoms. The standard InChI is InChI=1S/C26H35NO/c1-18(2)28-23-10-9-20-7-5-6-8-21(20)22(23)14-27-26-13-19-11-24(3,16-26)15-25(4,12-19)17-26/h5-10,18-19,27H,11-17H2,1-4H3/t19?,24-,25+,26?. The number of hydrogen-bond acceptors (Lipinski definition) is 2. The molecule has 6 rings (SSSR count). The molecule has 2 aromatic rings. The second-order valence-corrected chi connectivity index (χ2v) is 11.2. The molecule has 4 fully saturated rings. The molecule has 2 heteroatoms. The Morgan fingerprint density at radius 2 is 1.68 bits per heavy atom. The molecular weight excluding hydrogens is 342 g/mol. The lowest BCUT2D eigenvalue weighted by atomic mass is 9.43. The number of hydrogen-bond donors (Lipinski definition) is 1. The maximum Gasteiger partial charge on any atom is 0.124 e. The molecule has 0 amide bonds. The Hall–Kier alpha value is -1.54. The van der Waals surface area contributed by atoms with Crippen LogP contribution in [0.3, 0.4) is 0 Å². The quantitative estimate of drug-likeness (QED) is 0.645. The van der Waals surface area contributed by atoms with Gasteiger partial charge in [-0.15, -0.1) is 0 Å². The highest BCUT2D eigenvalue weighted by atomic mass is 16.5. The van der Waals surface area contributed by atoms with E-state index in [0.29, 0.717) is 16.4 Å². The van der Waals surface area contributed by atoms with Crippen LogP contribution in [0.15, 0.2) is 36.4 Å². The molecule has 2 aromatic carbocycles. The Bertz CT molecular complexity index is 882. The van der Waals surface area contributed by atoms with Crippen molar-refractivity contribution in [3.63, 3.8) is 0 Å². The highest BCUT2D eigenvalue weighted by Crippen LogP contribution is 2.66. The number of nitrogens with one attached hydrogen (secondary N) is 1. The van der Waals surface area contributed by atoms with Crippen LogP contribution in [-0.4, -0.2) is 11.6 Å². The average Bonchev–Trinajstić information content (AvgIpc) is 2.57. The number of ether oxygens (including phenoxy) is 1. The van der Waals surface area contributed by atoms with E-state index in [1.54, 1.807) is 0 Å². The first-order valence-corrected chi connectivity index (χ1v) is 11.2. The summed E-state index contributed by atoms with van der Waals surface area (Å²) in [6.45, 7) is 10.2. The molecule has 28 heavy (non-hydrogen) atoms. The van der Waals surface area contributed by atoms with E-state index >= 15 is 0 Å². The van der Waals surface area contributed by atoms with Crippen LogP contribution in [0, 0.1) is 16.7 Å². The van der Waals surface area contributed by atoms with Crippen molar-refractivity contribution in [1.82, 2.24) is 5.32 Å². The maximum atomic E-state index is 6.22. The van der Waals surface area contributed by atoms with E-state index in [1.165, 1.54) is 54.9 Å². The van der Waals surface area contributed by atoms with Gasteiger partial charge in [0.25, 0.3) is 0 Å². The molecule has 0 saturated heterocycles. The average molecular weight is 378 g/mol. The summed E-state index contributed by atoms with van der Waals surface area (Å²) < 4.78 is 6.22. The molecule has 4 atom stereocenters. The Kier molecular flexibility index (Phi) is 4.11. The summed E-state index contributed by atoms with van der Waals surface area (Å²) in [7, 11) is 0. The third-order valence-corrected chi connectivity index (χ3v) is 7.63. The van der Waals surface area contributed by atoms with Gasteiger partial charge in [-0.3, -0.25) is 0 Å². The summed E-state index contributed by atoms with van der Waals surface area (Å²) in [5.41, 5.74) is 2.72. The first-order chi connectivity index (χ1) is 13.3. The molecular formula is C26H35NO. The van der Waals surface area contributed by atoms with Crippen LogP contribution in [-0.2, 0) is 6.54 Å². The van der Waals surface area contributed by atoms with Crippen LogP contribution in [0.2, 0.25) is 0 Å². The highest BCUT2D eigenvalue weighted by Gasteiger charge is 2.59. The lowest BCUT2D eigenvalue weighted by molar-refractivity contribution is -0.118. The van der Waals surface area contributed by atoms with Crippen molar-refractivity contribution in [2.75, 3.05) is 0 Å². The zero-order chi connectivity index (χ0) is 19.6. The molecule has 0 radical (unpaired) electrons. The van der Waals surface area contributed by atoms with E-state index in [-0.39, 0.29) is 6.10 Å². The normalized spacial score (nSPS) is 36.4. The van der Waals surface area contributed by atoms with Crippen molar-refractivity contribution in [2.45, 2.75) is 84.4 Å². The third-order valence-electron chi connectivity index (χ3n) is 7.63. The van der Waals surface area contributed by atoms with Gasteiger partial charge in [0, 0.05) is 17.6 Å². The van der Waals surface area contributed by atoms with Crippen LogP contribution in [0.1, 0.15) is 71.8 Å². The fraction of sp³-hybridized carbons (Fsp3) is 0.615. The Balaban J connectivity index is 1.47. The lowest BCUT2D eigenvalue weighted by Gasteiger charge is -2.65. The zero-order valence-electron chi connectivity index (χ0n) is 18.0. The number of fused-ring (bicyclic) bond motifs is 1. The van der Waals surface area contributed by atoms with Gasteiger partial charge >= 0.3 is 0 Å². The molecule has 4 aliphatic carbocycles. The summed E-state index contributed by atoms with van der Waals surface area (Å²) in [6.07, 6.45) is 8.56. The Labute approximate surface area is 170 Å². The topological polar surface area (TPSA) is 21.3 Å². The minimum Gasteiger partial charge on any atom is -0.491 e. The molecule has 4 aliphatic rings. The monoisotopic (exact) mass is 377 g/mol. The van der Waals surface area contributed by atoms with E-state index < -0.39 is 0 Å². The molecule has 2 unspecified atom stereocenters. The molecule has 4 bridgehead atoms. The SMILES string of the molecule is CC(C)Oc1ccc2ccccc2c1CNC12CC3C[C@@](C)(C1)C[C@](C)(C3)C2. The van der Waals surface area contributed by atoms with Gasteiger partial charge in [0.2, 0.25) is 0 Å². The molecule has 2 nitrogen and oxygen atoms in total. The van der Waals surface area contributed by atoms with Gasteiger partial charge in [-0.2, -0.15) is 0 Å². The summed E-state index contributed by atoms with van der Waals surface area (Å²) in [5, 5.41) is 6.75. The van der Waals surface area contributed by atoms with E-state index in [2.05, 4.69) is 69.4 Å². The van der Waals surface area contributed by atoms with Gasteiger partial charge in [-0.25, -0.2) is 0 Å². The van der Waals surface area contributed by atoms with Crippen LogP contribution in [0.4, 0.5) is 0 Å². The minimum atomic E-state index is 0.192. The largest absolute Gasteiger partial charge is 0.491 e. The second kappa shape index (κ2) is 6.23. The fourth-order valence-electron chi connectivity index (χ4n) is 7.78. The fourth-order valence-corrected chi connectivity index (χ4v) is 7.78. The summed E-state index contributed by atoms with van der Waals surface area (Å²) in [6, 6.07) is 13.1. The van der Waals surface area contributed by atoms with Gasteiger partial charge in [0.15, 0.2) is 0 Å². The minimum absolute atomic E-state index is 0.192. The molecule has 150 valence electrons. The first-order valence-electron chi connectivity index (χ1n) is 11.2. The van der Waals surface area contributed by atoms with Gasteiger partial charge < -0.3 is 10.1 Å². The van der Waals surface area contributed by atoms with Gasteiger partial charge in [-0.05, 0) is 86.0 Å². The second-order valence-electron chi connectivity index (χ2n) is 11.2. The number of rotatable bonds is 5. The van der Waals surface area contributed by atoms with Gasteiger partial charge in [0.1, 0.15) is 5.75 Å². The highest BCUT2D eigenvalue weighted by molar-refractivity contribution is 5.87. The van der Waals surface area contributed by atoms with Gasteiger partial charge in [0.05, 0.1) is 6.10 Å². The molecule has 0 aliphatic heterocycles. The van der Waals surface area contributed by atoms with E-state index in [4.69, 9.17) is 4.74 Å². The maximum absolute atomic E-state index is 6.22. The predicted molar refractivity (Wildman–Crippen MR) is 117 cm³/mol. The van der Waals surface area contributed by atoms with Crippen molar-refractivity contribution < 1.29 is 4.74 Å². The summed E-state index contributed by atoms with van der Waals surface area (Å²) in [5.74, 6) is 1.96. The first kappa shape index (κ1) is 18.5. The number of benzene rings is 2. The molecule has 1 N–H and O–H groups in total. The Morgan fingerprint density at radius 1 is 0.964 bits per heavy atom. The van der Waals surface area contributed by atoms with Crippen molar-refractivity contribution >= 4 is 10.8 Å². The van der Waals surface area contributed by atoms with E-state index in [0.717, 1.165) is 18.2 Å². The van der Waals surface area contributed by atoms with Gasteiger partial charge in [-0.1, -0.05) is 44.2 Å². The van der Waals surface area contributed by atoms with Crippen molar-refractivity contribution in [3.05, 3.63) is 42.0 Å². The predicted octanol–water partition coefficient (Wildman–Crippen LogP) is 6.47. The third kappa shape index (κ3) is 3.14. The summed E-state index contributed by atoms with van der Waals surface area (Å²) >= 11 is 0. The molecule has 4 saturated carbocycles. The lowest BCUT2D eigenvalue weighted by Crippen LogP contribution is -2.63. The molecule has 0 heterocycles. The van der Waals surface area contributed by atoms with Crippen LogP contribution < -0.4 is 10.1 Å². The van der Waals surface area contributed by atoms with Crippen molar-refractivity contribution in [2.24, 2.45) is 16.7 Å². The van der Waals surface area contributed by atoms with E-state index in [1.807, 2.05) is 0 Å². The Morgan fingerprint density at radius 3 is 2.36 bits per heavy atom.